The van der Waals surface area contributed by atoms with Gasteiger partial charge in [0, 0.05) is 12.6 Å². The van der Waals surface area contributed by atoms with Crippen LogP contribution < -0.4 is 5.32 Å². The van der Waals surface area contributed by atoms with Crippen molar-refractivity contribution in [3.05, 3.63) is 12.2 Å². The monoisotopic (exact) mass is 195 g/mol. The highest BCUT2D eigenvalue weighted by Gasteiger charge is 2.16. The SMILES string of the molecule is CN1CCCC(NCc2ncn[nH]2)C1. The van der Waals surface area contributed by atoms with E-state index in [4.69, 9.17) is 0 Å². The summed E-state index contributed by atoms with van der Waals surface area (Å²) in [6, 6.07) is 0.596. The van der Waals surface area contributed by atoms with Gasteiger partial charge in [0.15, 0.2) is 0 Å². The van der Waals surface area contributed by atoms with Crippen LogP contribution in [-0.2, 0) is 6.54 Å². The van der Waals surface area contributed by atoms with E-state index in [2.05, 4.69) is 32.4 Å². The number of nitrogens with one attached hydrogen (secondary N) is 2. The second kappa shape index (κ2) is 4.52. The van der Waals surface area contributed by atoms with Gasteiger partial charge in [-0.2, -0.15) is 5.10 Å². The largest absolute Gasteiger partial charge is 0.306 e. The van der Waals surface area contributed by atoms with Crippen molar-refractivity contribution in [2.75, 3.05) is 20.1 Å². The molecule has 2 rings (SSSR count). The lowest BCUT2D eigenvalue weighted by Crippen LogP contribution is -2.43. The Morgan fingerprint density at radius 3 is 3.36 bits per heavy atom. The Morgan fingerprint density at radius 2 is 2.64 bits per heavy atom. The fraction of sp³-hybridized carbons (Fsp3) is 0.778. The van der Waals surface area contributed by atoms with E-state index in [1.165, 1.54) is 19.4 Å². The summed E-state index contributed by atoms with van der Waals surface area (Å²) in [6.45, 7) is 3.15. The van der Waals surface area contributed by atoms with E-state index in [9.17, 15) is 0 Å². The summed E-state index contributed by atoms with van der Waals surface area (Å²) >= 11 is 0. The van der Waals surface area contributed by atoms with Crippen LogP contribution in [0.3, 0.4) is 0 Å². The molecule has 0 amide bonds. The standard InChI is InChI=1S/C9H17N5/c1-14-4-2-3-8(6-14)10-5-9-11-7-12-13-9/h7-8,10H,2-6H2,1H3,(H,11,12,13). The van der Waals surface area contributed by atoms with Crippen LogP contribution >= 0.6 is 0 Å². The molecule has 2 N–H and O–H groups in total. The maximum absolute atomic E-state index is 4.08. The molecule has 5 nitrogen and oxygen atoms in total. The minimum absolute atomic E-state index is 0.596. The van der Waals surface area contributed by atoms with Gasteiger partial charge in [-0.25, -0.2) is 4.98 Å². The van der Waals surface area contributed by atoms with Crippen LogP contribution in [0.2, 0.25) is 0 Å². The number of H-pyrrole nitrogens is 1. The summed E-state index contributed by atoms with van der Waals surface area (Å²) in [5.74, 6) is 0.915. The first kappa shape index (κ1) is 9.61. The summed E-state index contributed by atoms with van der Waals surface area (Å²) in [4.78, 5) is 6.44. The van der Waals surface area contributed by atoms with Crippen LogP contribution in [0.25, 0.3) is 0 Å². The Kier molecular flexibility index (Phi) is 3.10. The third-order valence-electron chi connectivity index (χ3n) is 2.65. The molecule has 0 aliphatic carbocycles. The molecule has 78 valence electrons. The third-order valence-corrected chi connectivity index (χ3v) is 2.65. The second-order valence-electron chi connectivity index (χ2n) is 3.91. The lowest BCUT2D eigenvalue weighted by Gasteiger charge is -2.30. The Balaban J connectivity index is 1.75. The van der Waals surface area contributed by atoms with Crippen molar-refractivity contribution >= 4 is 0 Å². The fourth-order valence-corrected chi connectivity index (χ4v) is 1.89. The molecule has 2 heterocycles. The highest BCUT2D eigenvalue weighted by Crippen LogP contribution is 2.07. The van der Waals surface area contributed by atoms with Crippen LogP contribution in [-0.4, -0.2) is 46.3 Å². The molecule has 14 heavy (non-hydrogen) atoms. The first-order valence-electron chi connectivity index (χ1n) is 5.11. The Hall–Kier alpha value is -0.940. The van der Waals surface area contributed by atoms with Gasteiger partial charge in [-0.1, -0.05) is 0 Å². The molecule has 0 saturated carbocycles. The Morgan fingerprint density at radius 1 is 1.71 bits per heavy atom. The molecule has 0 aromatic carbocycles. The van der Waals surface area contributed by atoms with Gasteiger partial charge in [0.25, 0.3) is 0 Å². The van der Waals surface area contributed by atoms with Gasteiger partial charge in [-0.3, -0.25) is 5.10 Å². The zero-order chi connectivity index (χ0) is 9.80. The maximum Gasteiger partial charge on any atom is 0.138 e. The molecule has 5 heteroatoms. The average molecular weight is 195 g/mol. The van der Waals surface area contributed by atoms with Crippen molar-refractivity contribution in [2.45, 2.75) is 25.4 Å². The van der Waals surface area contributed by atoms with E-state index < -0.39 is 0 Å². The maximum atomic E-state index is 4.08. The van der Waals surface area contributed by atoms with Crippen molar-refractivity contribution in [2.24, 2.45) is 0 Å². The molecule has 1 saturated heterocycles. The number of nitrogens with zero attached hydrogens (tertiary/aromatic N) is 3. The molecule has 1 fully saturated rings. The number of piperidine rings is 1. The predicted octanol–water partition coefficient (Wildman–Crippen LogP) is -0.0115. The number of aromatic amines is 1. The predicted molar refractivity (Wildman–Crippen MR) is 53.7 cm³/mol. The molecule has 0 spiro atoms. The van der Waals surface area contributed by atoms with Crippen LogP contribution in [0.15, 0.2) is 6.33 Å². The van der Waals surface area contributed by atoms with E-state index >= 15 is 0 Å². The number of hydrogen-bond acceptors (Lipinski definition) is 4. The van der Waals surface area contributed by atoms with Gasteiger partial charge in [0.1, 0.15) is 12.2 Å². The molecule has 0 bridgehead atoms. The first-order valence-corrected chi connectivity index (χ1v) is 5.11. The third kappa shape index (κ3) is 2.52. The Labute approximate surface area is 83.9 Å². The molecule has 1 aliphatic rings. The number of likely N-dealkylation sites (N-methyl/N-ethyl adjacent to an activating group) is 1. The number of hydrogen-bond donors (Lipinski definition) is 2. The van der Waals surface area contributed by atoms with Crippen molar-refractivity contribution in [1.29, 1.82) is 0 Å². The second-order valence-corrected chi connectivity index (χ2v) is 3.91. The van der Waals surface area contributed by atoms with Gasteiger partial charge in [-0.15, -0.1) is 0 Å². The van der Waals surface area contributed by atoms with E-state index in [1.54, 1.807) is 6.33 Å². The fourth-order valence-electron chi connectivity index (χ4n) is 1.89. The lowest BCUT2D eigenvalue weighted by molar-refractivity contribution is 0.226. The summed E-state index contributed by atoms with van der Waals surface area (Å²) in [5.41, 5.74) is 0. The quantitative estimate of drug-likeness (QED) is 0.712. The zero-order valence-electron chi connectivity index (χ0n) is 8.53. The number of likely N-dealkylation sites (tertiary alicyclic amines) is 1. The smallest absolute Gasteiger partial charge is 0.138 e. The number of rotatable bonds is 3. The van der Waals surface area contributed by atoms with Gasteiger partial charge in [0.05, 0.1) is 6.54 Å². The van der Waals surface area contributed by atoms with Crippen LogP contribution in [0.1, 0.15) is 18.7 Å². The number of aromatic nitrogens is 3. The lowest BCUT2D eigenvalue weighted by atomic mass is 10.1. The Bertz CT molecular complexity index is 258. The van der Waals surface area contributed by atoms with Crippen LogP contribution in [0.4, 0.5) is 0 Å². The van der Waals surface area contributed by atoms with E-state index in [1.807, 2.05) is 0 Å². The molecule has 1 aromatic heterocycles. The summed E-state index contributed by atoms with van der Waals surface area (Å²) in [5, 5.41) is 10.1. The topological polar surface area (TPSA) is 56.8 Å². The van der Waals surface area contributed by atoms with Crippen LogP contribution in [0, 0.1) is 0 Å². The normalized spacial score (nSPS) is 23.9. The molecule has 1 aliphatic heterocycles. The molecular weight excluding hydrogens is 178 g/mol. The van der Waals surface area contributed by atoms with Crippen LogP contribution in [0.5, 0.6) is 0 Å². The molecule has 1 unspecified atom stereocenters. The van der Waals surface area contributed by atoms with E-state index in [-0.39, 0.29) is 0 Å². The van der Waals surface area contributed by atoms with Gasteiger partial charge >= 0.3 is 0 Å². The molecular formula is C9H17N5. The van der Waals surface area contributed by atoms with Crippen molar-refractivity contribution in [3.63, 3.8) is 0 Å². The van der Waals surface area contributed by atoms with Crippen molar-refractivity contribution in [1.82, 2.24) is 25.4 Å². The summed E-state index contributed by atoms with van der Waals surface area (Å²) < 4.78 is 0. The van der Waals surface area contributed by atoms with Gasteiger partial charge < -0.3 is 10.2 Å². The molecule has 0 radical (unpaired) electrons. The average Bonchev–Trinajstić information content (AvgIpc) is 2.67. The highest BCUT2D eigenvalue weighted by molar-refractivity contribution is 4.83. The molecule has 1 aromatic rings. The highest BCUT2D eigenvalue weighted by atomic mass is 15.2. The minimum Gasteiger partial charge on any atom is -0.306 e. The van der Waals surface area contributed by atoms with Gasteiger partial charge in [0.2, 0.25) is 0 Å². The van der Waals surface area contributed by atoms with Gasteiger partial charge in [-0.05, 0) is 26.4 Å². The van der Waals surface area contributed by atoms with Crippen molar-refractivity contribution in [3.8, 4) is 0 Å². The van der Waals surface area contributed by atoms with E-state index in [0.29, 0.717) is 6.04 Å². The van der Waals surface area contributed by atoms with Crippen molar-refractivity contribution < 1.29 is 0 Å². The molecule has 1 atom stereocenters. The van der Waals surface area contributed by atoms with E-state index in [0.717, 1.165) is 18.9 Å². The summed E-state index contributed by atoms with van der Waals surface area (Å²) in [6.07, 6.45) is 4.09. The minimum atomic E-state index is 0.596. The first-order chi connectivity index (χ1) is 6.84. The summed E-state index contributed by atoms with van der Waals surface area (Å²) in [7, 11) is 2.17. The zero-order valence-corrected chi connectivity index (χ0v) is 8.53.